The highest BCUT2D eigenvalue weighted by Crippen LogP contribution is 2.25. The van der Waals surface area contributed by atoms with E-state index in [2.05, 4.69) is 21.1 Å². The van der Waals surface area contributed by atoms with Gasteiger partial charge >= 0.3 is 0 Å². The predicted molar refractivity (Wildman–Crippen MR) is 82.2 cm³/mol. The number of hydrogen-bond donors (Lipinski definition) is 2. The van der Waals surface area contributed by atoms with Crippen LogP contribution in [0.25, 0.3) is 0 Å². The minimum atomic E-state index is 0.103. The Morgan fingerprint density at radius 2 is 2.05 bits per heavy atom. The topological polar surface area (TPSA) is 67.8 Å². The van der Waals surface area contributed by atoms with Crippen molar-refractivity contribution in [3.05, 3.63) is 63.6 Å². The van der Waals surface area contributed by atoms with Crippen molar-refractivity contribution in [3.63, 3.8) is 0 Å². The largest absolute Gasteiger partial charge is 0.488 e. The molecule has 0 saturated heterocycles. The summed E-state index contributed by atoms with van der Waals surface area (Å²) in [6, 6.07) is 13.3. The molecule has 3 N–H and O–H groups in total. The highest BCUT2D eigenvalue weighted by atomic mass is 79.9. The van der Waals surface area contributed by atoms with Gasteiger partial charge < -0.3 is 15.7 Å². The second kappa shape index (κ2) is 6.43. The number of amidine groups is 1. The van der Waals surface area contributed by atoms with Crippen molar-refractivity contribution >= 4 is 21.8 Å². The highest BCUT2D eigenvalue weighted by molar-refractivity contribution is 9.10. The van der Waals surface area contributed by atoms with Gasteiger partial charge in [-0.2, -0.15) is 0 Å². The SMILES string of the molecule is Cc1cc(/C(N)=N/O)ccc1COc1ccccc1Br. The fourth-order valence-corrected chi connectivity index (χ4v) is 2.19. The first kappa shape index (κ1) is 14.4. The van der Waals surface area contributed by atoms with E-state index in [0.29, 0.717) is 12.2 Å². The van der Waals surface area contributed by atoms with E-state index in [-0.39, 0.29) is 5.84 Å². The summed E-state index contributed by atoms with van der Waals surface area (Å²) in [5.41, 5.74) is 8.33. The van der Waals surface area contributed by atoms with Crippen LogP contribution in [-0.2, 0) is 6.61 Å². The van der Waals surface area contributed by atoms with Gasteiger partial charge in [0.25, 0.3) is 0 Å². The van der Waals surface area contributed by atoms with Crippen LogP contribution in [0.5, 0.6) is 5.75 Å². The summed E-state index contributed by atoms with van der Waals surface area (Å²) in [5, 5.41) is 11.7. The maximum Gasteiger partial charge on any atom is 0.170 e. The second-order valence-corrected chi connectivity index (χ2v) is 5.20. The second-order valence-electron chi connectivity index (χ2n) is 4.35. The molecule has 0 fully saturated rings. The Hall–Kier alpha value is -2.01. The summed E-state index contributed by atoms with van der Waals surface area (Å²) < 4.78 is 6.69. The number of benzene rings is 2. The number of oxime groups is 1. The van der Waals surface area contributed by atoms with E-state index in [4.69, 9.17) is 15.7 Å². The molecule has 0 aliphatic carbocycles. The minimum Gasteiger partial charge on any atom is -0.488 e. The smallest absolute Gasteiger partial charge is 0.170 e. The molecule has 0 aliphatic rings. The van der Waals surface area contributed by atoms with Gasteiger partial charge in [-0.05, 0) is 52.2 Å². The third-order valence-corrected chi connectivity index (χ3v) is 3.62. The van der Waals surface area contributed by atoms with Gasteiger partial charge in [-0.3, -0.25) is 0 Å². The van der Waals surface area contributed by atoms with Crippen molar-refractivity contribution in [2.24, 2.45) is 10.9 Å². The summed E-state index contributed by atoms with van der Waals surface area (Å²) in [5.74, 6) is 0.902. The van der Waals surface area contributed by atoms with E-state index >= 15 is 0 Å². The fraction of sp³-hybridized carbons (Fsp3) is 0.133. The first-order valence-electron chi connectivity index (χ1n) is 6.06. The van der Waals surface area contributed by atoms with Gasteiger partial charge in [-0.25, -0.2) is 0 Å². The van der Waals surface area contributed by atoms with Gasteiger partial charge in [-0.15, -0.1) is 0 Å². The number of rotatable bonds is 4. The zero-order chi connectivity index (χ0) is 14.5. The van der Waals surface area contributed by atoms with Gasteiger partial charge in [0.1, 0.15) is 12.4 Å². The first-order valence-corrected chi connectivity index (χ1v) is 6.86. The molecule has 0 bridgehead atoms. The fourth-order valence-electron chi connectivity index (χ4n) is 1.79. The van der Waals surface area contributed by atoms with Crippen LogP contribution in [0, 0.1) is 6.92 Å². The Bertz CT molecular complexity index is 642. The van der Waals surface area contributed by atoms with Crippen molar-refractivity contribution in [2.45, 2.75) is 13.5 Å². The molecule has 0 radical (unpaired) electrons. The summed E-state index contributed by atoms with van der Waals surface area (Å²) in [6.45, 7) is 2.43. The number of hydrogen-bond acceptors (Lipinski definition) is 3. The molecule has 104 valence electrons. The summed E-state index contributed by atoms with van der Waals surface area (Å²) in [4.78, 5) is 0. The standard InChI is InChI=1S/C15H15BrN2O2/c1-10-8-11(15(17)18-19)6-7-12(10)9-20-14-5-3-2-4-13(14)16/h2-8,19H,9H2,1H3,(H2,17,18). The van der Waals surface area contributed by atoms with Crippen LogP contribution in [0.3, 0.4) is 0 Å². The van der Waals surface area contributed by atoms with E-state index in [1.165, 1.54) is 0 Å². The maximum atomic E-state index is 8.66. The van der Waals surface area contributed by atoms with Crippen LogP contribution in [-0.4, -0.2) is 11.0 Å². The van der Waals surface area contributed by atoms with Crippen LogP contribution in [0.4, 0.5) is 0 Å². The predicted octanol–water partition coefficient (Wildman–Crippen LogP) is 3.43. The van der Waals surface area contributed by atoms with Crippen molar-refractivity contribution in [1.82, 2.24) is 0 Å². The molecule has 0 amide bonds. The van der Waals surface area contributed by atoms with Crippen LogP contribution < -0.4 is 10.5 Å². The number of nitrogens with two attached hydrogens (primary N) is 1. The van der Waals surface area contributed by atoms with Crippen molar-refractivity contribution in [2.75, 3.05) is 0 Å². The number of nitrogens with zero attached hydrogens (tertiary/aromatic N) is 1. The van der Waals surface area contributed by atoms with Gasteiger partial charge in [0.2, 0.25) is 0 Å². The molecule has 2 aromatic carbocycles. The monoisotopic (exact) mass is 334 g/mol. The van der Waals surface area contributed by atoms with E-state index in [9.17, 15) is 0 Å². The molecule has 2 rings (SSSR count). The van der Waals surface area contributed by atoms with Crippen LogP contribution in [0.2, 0.25) is 0 Å². The lowest BCUT2D eigenvalue weighted by atomic mass is 10.1. The lowest BCUT2D eigenvalue weighted by Gasteiger charge is -2.11. The van der Waals surface area contributed by atoms with Gasteiger partial charge in [0, 0.05) is 5.56 Å². The van der Waals surface area contributed by atoms with Gasteiger partial charge in [-0.1, -0.05) is 29.4 Å². The highest BCUT2D eigenvalue weighted by Gasteiger charge is 2.05. The molecule has 0 unspecified atom stereocenters. The van der Waals surface area contributed by atoms with E-state index in [0.717, 1.165) is 21.3 Å². The Morgan fingerprint density at radius 1 is 1.30 bits per heavy atom. The summed E-state index contributed by atoms with van der Waals surface area (Å²) >= 11 is 3.44. The summed E-state index contributed by atoms with van der Waals surface area (Å²) in [6.07, 6.45) is 0. The minimum absolute atomic E-state index is 0.103. The van der Waals surface area contributed by atoms with E-state index < -0.39 is 0 Å². The molecule has 0 heterocycles. The van der Waals surface area contributed by atoms with Gasteiger partial charge in [0.05, 0.1) is 4.47 Å². The zero-order valence-corrected chi connectivity index (χ0v) is 12.6. The molecule has 2 aromatic rings. The average molecular weight is 335 g/mol. The normalized spacial score (nSPS) is 11.4. The van der Waals surface area contributed by atoms with Crippen molar-refractivity contribution in [3.8, 4) is 5.75 Å². The number of aryl methyl sites for hydroxylation is 1. The van der Waals surface area contributed by atoms with E-state index in [1.807, 2.05) is 43.3 Å². The number of ether oxygens (including phenoxy) is 1. The number of halogens is 1. The van der Waals surface area contributed by atoms with Crippen LogP contribution >= 0.6 is 15.9 Å². The number of para-hydroxylation sites is 1. The van der Waals surface area contributed by atoms with Crippen LogP contribution in [0.15, 0.2) is 52.1 Å². The lowest BCUT2D eigenvalue weighted by Crippen LogP contribution is -2.13. The van der Waals surface area contributed by atoms with E-state index in [1.54, 1.807) is 6.07 Å². The average Bonchev–Trinajstić information content (AvgIpc) is 2.46. The zero-order valence-electron chi connectivity index (χ0n) is 11.0. The summed E-state index contributed by atoms with van der Waals surface area (Å²) in [7, 11) is 0. The first-order chi connectivity index (χ1) is 9.61. The van der Waals surface area contributed by atoms with Crippen molar-refractivity contribution < 1.29 is 9.94 Å². The molecule has 0 saturated carbocycles. The molecular weight excluding hydrogens is 320 g/mol. The molecule has 0 atom stereocenters. The molecule has 0 aromatic heterocycles. The Kier molecular flexibility index (Phi) is 4.63. The molecule has 0 spiro atoms. The molecular formula is C15H15BrN2O2. The Labute approximate surface area is 126 Å². The molecule has 4 nitrogen and oxygen atoms in total. The molecule has 20 heavy (non-hydrogen) atoms. The van der Waals surface area contributed by atoms with Crippen molar-refractivity contribution in [1.29, 1.82) is 0 Å². The molecule has 0 aliphatic heterocycles. The third kappa shape index (κ3) is 3.30. The quantitative estimate of drug-likeness (QED) is 0.389. The third-order valence-electron chi connectivity index (χ3n) is 2.97. The van der Waals surface area contributed by atoms with Crippen LogP contribution in [0.1, 0.15) is 16.7 Å². The Morgan fingerprint density at radius 3 is 2.70 bits per heavy atom. The maximum absolute atomic E-state index is 8.66. The lowest BCUT2D eigenvalue weighted by molar-refractivity contribution is 0.303. The molecule has 5 heteroatoms. The Balaban J connectivity index is 2.13. The van der Waals surface area contributed by atoms with Gasteiger partial charge in [0.15, 0.2) is 5.84 Å².